The van der Waals surface area contributed by atoms with E-state index in [-0.39, 0.29) is 5.03 Å². The van der Waals surface area contributed by atoms with Gasteiger partial charge in [0.15, 0.2) is 0 Å². The van der Waals surface area contributed by atoms with Crippen molar-refractivity contribution >= 4 is 29.5 Å². The Hall–Kier alpha value is -2.99. The van der Waals surface area contributed by atoms with Crippen LogP contribution in [-0.4, -0.2) is 24.4 Å². The van der Waals surface area contributed by atoms with Crippen LogP contribution in [-0.2, 0) is 4.79 Å². The maximum atomic E-state index is 11.3. The molecule has 7 heteroatoms. The Morgan fingerprint density at radius 2 is 1.75 bits per heavy atom. The van der Waals surface area contributed by atoms with Gasteiger partial charge in [-0.25, -0.2) is 4.79 Å². The highest BCUT2D eigenvalue weighted by Gasteiger charge is 2.15. The number of allylic oxidation sites excluding steroid dienone is 1. The zero-order valence-corrected chi connectivity index (χ0v) is 13.5. The lowest BCUT2D eigenvalue weighted by molar-refractivity contribution is -0.135. The van der Waals surface area contributed by atoms with Crippen LogP contribution >= 0.6 is 11.6 Å². The van der Waals surface area contributed by atoms with Crippen LogP contribution in [0.5, 0.6) is 11.5 Å². The summed E-state index contributed by atoms with van der Waals surface area (Å²) in [5.74, 6) is -0.791. The number of carboxylic acids is 1. The van der Waals surface area contributed by atoms with E-state index in [0.717, 1.165) is 5.69 Å². The van der Waals surface area contributed by atoms with Crippen LogP contribution in [0.15, 0.2) is 70.5 Å². The van der Waals surface area contributed by atoms with Gasteiger partial charge in [0.05, 0.1) is 19.0 Å². The van der Waals surface area contributed by atoms with Crippen molar-refractivity contribution in [2.75, 3.05) is 12.5 Å². The van der Waals surface area contributed by atoms with Crippen molar-refractivity contribution in [2.24, 2.45) is 5.10 Å². The molecule has 0 atom stereocenters. The average Bonchev–Trinajstić information content (AvgIpc) is 2.60. The number of nitrogens with zero attached hydrogens (tertiary/aromatic N) is 1. The highest BCUT2D eigenvalue weighted by molar-refractivity contribution is 6.41. The molecule has 6 nitrogen and oxygen atoms in total. The Bertz CT molecular complexity index is 743. The predicted molar refractivity (Wildman–Crippen MR) is 92.7 cm³/mol. The summed E-state index contributed by atoms with van der Waals surface area (Å²) in [7, 11) is 1.53. The number of rotatable bonds is 7. The molecule has 0 heterocycles. The van der Waals surface area contributed by atoms with Crippen molar-refractivity contribution in [3.63, 3.8) is 0 Å². The average molecular weight is 347 g/mol. The quantitative estimate of drug-likeness (QED) is 0.346. The number of anilines is 1. The molecule has 0 spiro atoms. The Balaban J connectivity index is 2.11. The lowest BCUT2D eigenvalue weighted by Crippen LogP contribution is -2.10. The molecular formula is C17H15ClN2O4. The van der Waals surface area contributed by atoms with Crippen molar-refractivity contribution in [3.05, 3.63) is 65.4 Å². The van der Waals surface area contributed by atoms with Gasteiger partial charge >= 0.3 is 5.97 Å². The number of hydrogen-bond acceptors (Lipinski definition) is 5. The highest BCUT2D eigenvalue weighted by atomic mass is 35.5. The number of hydrazone groups is 1. The van der Waals surface area contributed by atoms with Crippen molar-refractivity contribution in [1.29, 1.82) is 0 Å². The second-order valence-corrected chi connectivity index (χ2v) is 4.90. The number of carbonyl (C=O) groups is 1. The zero-order valence-electron chi connectivity index (χ0n) is 12.8. The van der Waals surface area contributed by atoms with Gasteiger partial charge in [0.1, 0.15) is 16.5 Å². The summed E-state index contributed by atoms with van der Waals surface area (Å²) in [4.78, 5) is 11.3. The number of benzene rings is 2. The molecule has 0 aliphatic heterocycles. The lowest BCUT2D eigenvalue weighted by atomic mass is 10.3. The molecule has 2 N–H and O–H groups in total. The Morgan fingerprint density at radius 3 is 2.33 bits per heavy atom. The number of ether oxygens (including phenoxy) is 2. The Labute approximate surface area is 144 Å². The van der Waals surface area contributed by atoms with Gasteiger partial charge in [0.25, 0.3) is 0 Å². The molecule has 0 radical (unpaired) electrons. The van der Waals surface area contributed by atoms with Crippen LogP contribution in [0.4, 0.5) is 5.69 Å². The molecule has 2 rings (SSSR count). The smallest absolute Gasteiger partial charge is 0.373 e. The van der Waals surface area contributed by atoms with E-state index in [1.54, 1.807) is 36.4 Å². The fourth-order valence-corrected chi connectivity index (χ4v) is 1.86. The maximum absolute atomic E-state index is 11.3. The van der Waals surface area contributed by atoms with Gasteiger partial charge in [0.2, 0.25) is 5.76 Å². The van der Waals surface area contributed by atoms with Crippen LogP contribution in [0.25, 0.3) is 0 Å². The first-order valence-electron chi connectivity index (χ1n) is 6.89. The van der Waals surface area contributed by atoms with Crippen LogP contribution in [0.2, 0.25) is 0 Å². The maximum Gasteiger partial charge on any atom is 0.373 e. The minimum absolute atomic E-state index is 0.151. The lowest BCUT2D eigenvalue weighted by Gasteiger charge is -2.08. The number of aliphatic carboxylic acids is 1. The summed E-state index contributed by atoms with van der Waals surface area (Å²) in [6.07, 6.45) is 1.17. The molecule has 0 saturated carbocycles. The van der Waals surface area contributed by atoms with E-state index in [1.165, 1.54) is 13.3 Å². The van der Waals surface area contributed by atoms with E-state index in [9.17, 15) is 9.90 Å². The standard InChI is InChI=1S/C17H15ClN2O4/c1-23-13-7-9-14(10-8-13)24-16(17(21)22)15(18)11-19-20-12-5-3-2-4-6-12/h2-11,20H,1H3,(H,21,22)/b16-15-,19-11+. The summed E-state index contributed by atoms with van der Waals surface area (Å²) in [6, 6.07) is 15.6. The molecule has 0 unspecified atom stereocenters. The third-order valence-electron chi connectivity index (χ3n) is 2.84. The number of halogens is 1. The van der Waals surface area contributed by atoms with Gasteiger partial charge < -0.3 is 14.6 Å². The second kappa shape index (κ2) is 8.59. The number of para-hydroxylation sites is 1. The molecule has 0 aliphatic carbocycles. The van der Waals surface area contributed by atoms with Crippen molar-refractivity contribution in [1.82, 2.24) is 0 Å². The SMILES string of the molecule is COc1ccc(O/C(C(=O)O)=C(Cl)/C=N/Nc2ccccc2)cc1. The van der Waals surface area contributed by atoms with Gasteiger partial charge in [-0.1, -0.05) is 29.8 Å². The van der Waals surface area contributed by atoms with Crippen LogP contribution in [0, 0.1) is 0 Å². The topological polar surface area (TPSA) is 80.2 Å². The Kier molecular flexibility index (Phi) is 6.22. The number of hydrogen-bond donors (Lipinski definition) is 2. The summed E-state index contributed by atoms with van der Waals surface area (Å²) < 4.78 is 10.3. The number of carboxylic acid groups (broad SMARTS) is 1. The molecule has 0 aromatic heterocycles. The monoisotopic (exact) mass is 346 g/mol. The van der Waals surface area contributed by atoms with E-state index in [4.69, 9.17) is 21.1 Å². The predicted octanol–water partition coefficient (Wildman–Crippen LogP) is 3.71. The first kappa shape index (κ1) is 17.4. The number of methoxy groups -OCH3 is 1. The molecule has 24 heavy (non-hydrogen) atoms. The normalized spacial score (nSPS) is 11.8. The van der Waals surface area contributed by atoms with E-state index in [2.05, 4.69) is 10.5 Å². The first-order valence-corrected chi connectivity index (χ1v) is 7.27. The molecule has 0 saturated heterocycles. The van der Waals surface area contributed by atoms with E-state index < -0.39 is 11.7 Å². The van der Waals surface area contributed by atoms with Crippen molar-refractivity contribution < 1.29 is 19.4 Å². The van der Waals surface area contributed by atoms with E-state index >= 15 is 0 Å². The number of nitrogens with one attached hydrogen (secondary N) is 1. The third-order valence-corrected chi connectivity index (χ3v) is 3.11. The van der Waals surface area contributed by atoms with Gasteiger partial charge in [-0.3, -0.25) is 5.43 Å². The van der Waals surface area contributed by atoms with Gasteiger partial charge in [-0.05, 0) is 36.4 Å². The van der Waals surface area contributed by atoms with E-state index in [1.807, 2.05) is 18.2 Å². The molecule has 0 fully saturated rings. The summed E-state index contributed by atoms with van der Waals surface area (Å²) in [5, 5.41) is 13.0. The van der Waals surface area contributed by atoms with Gasteiger partial charge in [-0.15, -0.1) is 0 Å². The van der Waals surface area contributed by atoms with Gasteiger partial charge in [-0.2, -0.15) is 5.10 Å². The second-order valence-electron chi connectivity index (χ2n) is 4.50. The summed E-state index contributed by atoms with van der Waals surface area (Å²) >= 11 is 5.98. The molecular weight excluding hydrogens is 332 g/mol. The van der Waals surface area contributed by atoms with E-state index in [0.29, 0.717) is 11.5 Å². The molecule has 2 aromatic carbocycles. The Morgan fingerprint density at radius 1 is 1.12 bits per heavy atom. The molecule has 0 amide bonds. The van der Waals surface area contributed by atoms with Crippen LogP contribution in [0.1, 0.15) is 0 Å². The minimum atomic E-state index is -1.30. The first-order chi connectivity index (χ1) is 11.6. The zero-order chi connectivity index (χ0) is 17.4. The molecule has 0 bridgehead atoms. The molecule has 0 aliphatic rings. The summed E-state index contributed by atoms with van der Waals surface area (Å²) in [6.45, 7) is 0. The molecule has 2 aromatic rings. The fraction of sp³-hybridized carbons (Fsp3) is 0.0588. The van der Waals surface area contributed by atoms with Crippen LogP contribution < -0.4 is 14.9 Å². The fourth-order valence-electron chi connectivity index (χ4n) is 1.69. The summed E-state index contributed by atoms with van der Waals surface area (Å²) in [5.41, 5.74) is 3.48. The van der Waals surface area contributed by atoms with Crippen LogP contribution in [0.3, 0.4) is 0 Å². The third kappa shape index (κ3) is 5.03. The minimum Gasteiger partial charge on any atom is -0.497 e. The highest BCUT2D eigenvalue weighted by Crippen LogP contribution is 2.21. The van der Waals surface area contributed by atoms with Crippen molar-refractivity contribution in [2.45, 2.75) is 0 Å². The van der Waals surface area contributed by atoms with Crippen molar-refractivity contribution in [3.8, 4) is 11.5 Å². The largest absolute Gasteiger partial charge is 0.497 e. The molecule has 124 valence electrons. The van der Waals surface area contributed by atoms with Gasteiger partial charge in [0, 0.05) is 0 Å².